The molecule has 1 heterocycles. The topological polar surface area (TPSA) is 56.1 Å². The Hall–Kier alpha value is -2.02. The highest BCUT2D eigenvalue weighted by Crippen LogP contribution is 2.31. The van der Waals surface area contributed by atoms with Crippen LogP contribution in [-0.4, -0.2) is 25.0 Å². The van der Waals surface area contributed by atoms with Crippen LogP contribution in [0.2, 0.25) is 0 Å². The quantitative estimate of drug-likeness (QED) is 0.815. The van der Waals surface area contributed by atoms with Gasteiger partial charge < -0.3 is 10.2 Å². The van der Waals surface area contributed by atoms with Crippen molar-refractivity contribution >= 4 is 11.6 Å². The third-order valence-corrected chi connectivity index (χ3v) is 3.22. The summed E-state index contributed by atoms with van der Waals surface area (Å²) in [5.74, 6) is -0.0196. The van der Waals surface area contributed by atoms with Crippen LogP contribution in [0.3, 0.4) is 0 Å². The summed E-state index contributed by atoms with van der Waals surface area (Å²) in [7, 11) is 0. The summed E-state index contributed by atoms with van der Waals surface area (Å²) < 4.78 is 0. The number of amides is 1. The van der Waals surface area contributed by atoms with Crippen LogP contribution in [-0.2, 0) is 11.2 Å². The van der Waals surface area contributed by atoms with E-state index in [1.165, 1.54) is 5.56 Å². The lowest BCUT2D eigenvalue weighted by Gasteiger charge is -2.24. The first-order valence-electron chi connectivity index (χ1n) is 6.20. The largest absolute Gasteiger partial charge is 0.359 e. The third-order valence-electron chi connectivity index (χ3n) is 3.22. The first-order chi connectivity index (χ1) is 8.72. The van der Waals surface area contributed by atoms with E-state index in [1.807, 2.05) is 18.2 Å². The minimum Gasteiger partial charge on any atom is -0.359 e. The molecular formula is C14H17N3O. The molecule has 1 N–H and O–H groups in total. The van der Waals surface area contributed by atoms with E-state index in [9.17, 15) is 4.79 Å². The number of nitriles is 1. The van der Waals surface area contributed by atoms with Gasteiger partial charge in [-0.25, -0.2) is 0 Å². The lowest BCUT2D eigenvalue weighted by molar-refractivity contribution is -0.119. The monoisotopic (exact) mass is 243 g/mol. The fourth-order valence-electron chi connectivity index (χ4n) is 2.34. The van der Waals surface area contributed by atoms with E-state index in [0.717, 1.165) is 12.1 Å². The Morgan fingerprint density at radius 3 is 3.11 bits per heavy atom. The van der Waals surface area contributed by atoms with Gasteiger partial charge in [-0.1, -0.05) is 18.2 Å². The number of nitrogens with one attached hydrogen (secondary N) is 1. The van der Waals surface area contributed by atoms with Gasteiger partial charge >= 0.3 is 0 Å². The van der Waals surface area contributed by atoms with Crippen molar-refractivity contribution in [1.82, 2.24) is 5.32 Å². The van der Waals surface area contributed by atoms with E-state index >= 15 is 0 Å². The Bertz CT molecular complexity index is 478. The number of carbonyl (C=O) groups excluding carboxylic acids is 1. The normalized spacial score (nSPS) is 17.1. The Kier molecular flexibility index (Phi) is 3.83. The van der Waals surface area contributed by atoms with Crippen LogP contribution < -0.4 is 10.2 Å². The SMILES string of the molecule is C[C@H]1Cc2ccccc2N1CC(=O)NCCC#N. The van der Waals surface area contributed by atoms with Gasteiger partial charge in [-0.3, -0.25) is 4.79 Å². The zero-order chi connectivity index (χ0) is 13.0. The number of rotatable bonds is 4. The van der Waals surface area contributed by atoms with E-state index in [0.29, 0.717) is 25.6 Å². The summed E-state index contributed by atoms with van der Waals surface area (Å²) in [6.45, 7) is 2.92. The molecule has 0 unspecified atom stereocenters. The molecule has 1 amide bonds. The number of para-hydroxylation sites is 1. The molecule has 1 aliphatic heterocycles. The van der Waals surface area contributed by atoms with Crippen LogP contribution in [0, 0.1) is 11.3 Å². The Labute approximate surface area is 107 Å². The number of carbonyl (C=O) groups is 1. The van der Waals surface area contributed by atoms with Gasteiger partial charge in [-0.05, 0) is 25.0 Å². The average Bonchev–Trinajstić information content (AvgIpc) is 2.67. The van der Waals surface area contributed by atoms with Crippen molar-refractivity contribution in [2.45, 2.75) is 25.8 Å². The van der Waals surface area contributed by atoms with Gasteiger partial charge in [0.05, 0.1) is 19.0 Å². The van der Waals surface area contributed by atoms with E-state index in [2.05, 4.69) is 29.3 Å². The molecule has 4 heteroatoms. The molecular weight excluding hydrogens is 226 g/mol. The number of nitrogens with zero attached hydrogens (tertiary/aromatic N) is 2. The predicted octanol–water partition coefficient (Wildman–Crippen LogP) is 1.47. The van der Waals surface area contributed by atoms with E-state index < -0.39 is 0 Å². The molecule has 0 saturated heterocycles. The molecule has 0 bridgehead atoms. The van der Waals surface area contributed by atoms with Gasteiger partial charge in [0.2, 0.25) is 5.91 Å². The zero-order valence-corrected chi connectivity index (χ0v) is 10.5. The van der Waals surface area contributed by atoms with Gasteiger partial charge in [0, 0.05) is 18.3 Å². The number of anilines is 1. The highest BCUT2D eigenvalue weighted by atomic mass is 16.2. The maximum Gasteiger partial charge on any atom is 0.239 e. The molecule has 18 heavy (non-hydrogen) atoms. The third kappa shape index (κ3) is 2.62. The molecule has 1 aromatic rings. The number of fused-ring (bicyclic) bond motifs is 1. The highest BCUT2D eigenvalue weighted by Gasteiger charge is 2.26. The van der Waals surface area contributed by atoms with Crippen molar-refractivity contribution in [3.63, 3.8) is 0 Å². The lowest BCUT2D eigenvalue weighted by atomic mass is 10.1. The number of benzene rings is 1. The summed E-state index contributed by atoms with van der Waals surface area (Å²) in [4.78, 5) is 13.9. The van der Waals surface area contributed by atoms with Crippen molar-refractivity contribution in [2.75, 3.05) is 18.0 Å². The van der Waals surface area contributed by atoms with E-state index in [1.54, 1.807) is 0 Å². The molecule has 1 aromatic carbocycles. The second-order valence-electron chi connectivity index (χ2n) is 4.57. The van der Waals surface area contributed by atoms with Crippen molar-refractivity contribution in [3.8, 4) is 6.07 Å². The molecule has 94 valence electrons. The second kappa shape index (κ2) is 5.54. The average molecular weight is 243 g/mol. The molecule has 0 fully saturated rings. The summed E-state index contributed by atoms with van der Waals surface area (Å²) >= 11 is 0. The molecule has 1 atom stereocenters. The molecule has 4 nitrogen and oxygen atoms in total. The smallest absolute Gasteiger partial charge is 0.239 e. The van der Waals surface area contributed by atoms with Gasteiger partial charge in [0.15, 0.2) is 0 Å². The van der Waals surface area contributed by atoms with Crippen LogP contribution in [0.5, 0.6) is 0 Å². The summed E-state index contributed by atoms with van der Waals surface area (Å²) in [5.41, 5.74) is 2.45. The molecule has 1 aliphatic rings. The zero-order valence-electron chi connectivity index (χ0n) is 10.5. The van der Waals surface area contributed by atoms with Gasteiger partial charge in [-0.2, -0.15) is 5.26 Å². The second-order valence-corrected chi connectivity index (χ2v) is 4.57. The molecule has 0 radical (unpaired) electrons. The molecule has 0 spiro atoms. The first kappa shape index (κ1) is 12.4. The predicted molar refractivity (Wildman–Crippen MR) is 70.2 cm³/mol. The van der Waals surface area contributed by atoms with Crippen molar-refractivity contribution in [2.24, 2.45) is 0 Å². The lowest BCUT2D eigenvalue weighted by Crippen LogP contribution is -2.40. The fourth-order valence-corrected chi connectivity index (χ4v) is 2.34. The number of hydrogen-bond acceptors (Lipinski definition) is 3. The van der Waals surface area contributed by atoms with Crippen LogP contribution >= 0.6 is 0 Å². The van der Waals surface area contributed by atoms with E-state index in [-0.39, 0.29) is 5.91 Å². The van der Waals surface area contributed by atoms with Crippen molar-refractivity contribution in [3.05, 3.63) is 29.8 Å². The van der Waals surface area contributed by atoms with Gasteiger partial charge in [0.1, 0.15) is 0 Å². The van der Waals surface area contributed by atoms with E-state index in [4.69, 9.17) is 5.26 Å². The summed E-state index contributed by atoms with van der Waals surface area (Å²) in [6.07, 6.45) is 1.35. The Balaban J connectivity index is 1.97. The van der Waals surface area contributed by atoms with Crippen LogP contribution in [0.4, 0.5) is 5.69 Å². The fraction of sp³-hybridized carbons (Fsp3) is 0.429. The number of hydrogen-bond donors (Lipinski definition) is 1. The molecule has 0 aromatic heterocycles. The molecule has 2 rings (SSSR count). The summed E-state index contributed by atoms with van der Waals surface area (Å²) in [6, 6.07) is 10.6. The minimum atomic E-state index is -0.0196. The van der Waals surface area contributed by atoms with Crippen molar-refractivity contribution in [1.29, 1.82) is 5.26 Å². The Morgan fingerprint density at radius 1 is 1.56 bits per heavy atom. The maximum absolute atomic E-state index is 11.8. The first-order valence-corrected chi connectivity index (χ1v) is 6.20. The Morgan fingerprint density at radius 2 is 2.33 bits per heavy atom. The van der Waals surface area contributed by atoms with Crippen molar-refractivity contribution < 1.29 is 4.79 Å². The van der Waals surface area contributed by atoms with Gasteiger partial charge in [0.25, 0.3) is 0 Å². The molecule has 0 saturated carbocycles. The van der Waals surface area contributed by atoms with Crippen LogP contribution in [0.15, 0.2) is 24.3 Å². The molecule has 0 aliphatic carbocycles. The van der Waals surface area contributed by atoms with Crippen LogP contribution in [0.25, 0.3) is 0 Å². The van der Waals surface area contributed by atoms with Crippen LogP contribution in [0.1, 0.15) is 18.9 Å². The van der Waals surface area contributed by atoms with Gasteiger partial charge in [-0.15, -0.1) is 0 Å². The summed E-state index contributed by atoms with van der Waals surface area (Å²) in [5, 5.41) is 11.2. The minimum absolute atomic E-state index is 0.0196. The maximum atomic E-state index is 11.8. The standard InChI is InChI=1S/C14H17N3O/c1-11-9-12-5-2-3-6-13(12)17(11)10-14(18)16-8-4-7-15/h2-3,5-6,11H,4,8-10H2,1H3,(H,16,18)/t11-/m0/s1. The highest BCUT2D eigenvalue weighted by molar-refractivity contribution is 5.82.